The second kappa shape index (κ2) is 8.10. The van der Waals surface area contributed by atoms with Crippen molar-refractivity contribution in [3.63, 3.8) is 0 Å². The fourth-order valence-corrected chi connectivity index (χ4v) is 4.10. The average Bonchev–Trinajstić information content (AvgIpc) is 2.78. The largest absolute Gasteiger partial charge is 0.497 e. The van der Waals surface area contributed by atoms with Gasteiger partial charge in [-0.2, -0.15) is 5.26 Å². The van der Waals surface area contributed by atoms with Gasteiger partial charge in [-0.3, -0.25) is 9.78 Å². The molecule has 2 heterocycles. The third-order valence-electron chi connectivity index (χ3n) is 5.48. The van der Waals surface area contributed by atoms with E-state index >= 15 is 0 Å². The maximum Gasteiger partial charge on any atom is 0.166 e. The molecule has 0 aliphatic carbocycles. The molecule has 6 heteroatoms. The van der Waals surface area contributed by atoms with Gasteiger partial charge in [0, 0.05) is 41.2 Å². The average molecular weight is 406 g/mol. The van der Waals surface area contributed by atoms with Gasteiger partial charge in [0.2, 0.25) is 0 Å². The van der Waals surface area contributed by atoms with E-state index in [4.69, 9.17) is 16.3 Å². The molecule has 1 aromatic heterocycles. The van der Waals surface area contributed by atoms with Gasteiger partial charge >= 0.3 is 0 Å². The minimum absolute atomic E-state index is 0.0260. The molecule has 0 spiro atoms. The third kappa shape index (κ3) is 3.76. The zero-order valence-corrected chi connectivity index (χ0v) is 16.8. The lowest BCUT2D eigenvalue weighted by Crippen LogP contribution is -2.37. The number of aromatic nitrogens is 1. The highest BCUT2D eigenvalue weighted by Crippen LogP contribution is 2.34. The Morgan fingerprint density at radius 1 is 1.21 bits per heavy atom. The number of nitriles is 1. The number of rotatable bonds is 4. The second-order valence-corrected chi connectivity index (χ2v) is 7.58. The van der Waals surface area contributed by atoms with E-state index < -0.39 is 0 Å². The van der Waals surface area contributed by atoms with Crippen LogP contribution in [-0.4, -0.2) is 31.0 Å². The van der Waals surface area contributed by atoms with Gasteiger partial charge in [-0.25, -0.2) is 0 Å². The van der Waals surface area contributed by atoms with E-state index in [1.54, 1.807) is 19.4 Å². The Kier molecular flexibility index (Phi) is 5.37. The molecule has 1 fully saturated rings. The summed E-state index contributed by atoms with van der Waals surface area (Å²) in [4.78, 5) is 19.4. The molecular weight excluding hydrogens is 386 g/mol. The molecule has 0 atom stereocenters. The van der Waals surface area contributed by atoms with Crippen molar-refractivity contribution in [3.05, 3.63) is 64.8 Å². The number of halogens is 1. The summed E-state index contributed by atoms with van der Waals surface area (Å²) in [5, 5.41) is 11.1. The minimum atomic E-state index is -0.0260. The summed E-state index contributed by atoms with van der Waals surface area (Å²) in [5.74, 6) is 0.876. The van der Waals surface area contributed by atoms with E-state index in [2.05, 4.69) is 16.0 Å². The fraction of sp³-hybridized carbons (Fsp3) is 0.261. The van der Waals surface area contributed by atoms with Gasteiger partial charge < -0.3 is 9.64 Å². The van der Waals surface area contributed by atoms with E-state index in [1.165, 1.54) is 0 Å². The maximum atomic E-state index is 12.9. The summed E-state index contributed by atoms with van der Waals surface area (Å²) >= 11 is 6.20. The van der Waals surface area contributed by atoms with Crippen LogP contribution in [0.25, 0.3) is 10.9 Å². The van der Waals surface area contributed by atoms with E-state index in [-0.39, 0.29) is 11.7 Å². The van der Waals surface area contributed by atoms with E-state index in [0.717, 1.165) is 35.2 Å². The van der Waals surface area contributed by atoms with Crippen molar-refractivity contribution in [2.45, 2.75) is 12.8 Å². The van der Waals surface area contributed by atoms with Crippen molar-refractivity contribution in [3.8, 4) is 11.8 Å². The molecule has 0 unspecified atom stereocenters. The van der Waals surface area contributed by atoms with Crippen LogP contribution in [0.1, 0.15) is 28.8 Å². The molecule has 1 saturated heterocycles. The predicted octanol–water partition coefficient (Wildman–Crippen LogP) is 4.87. The number of anilines is 1. The zero-order valence-electron chi connectivity index (χ0n) is 16.1. The zero-order chi connectivity index (χ0) is 20.4. The number of pyridine rings is 1. The van der Waals surface area contributed by atoms with Crippen LogP contribution in [0.5, 0.6) is 5.75 Å². The summed E-state index contributed by atoms with van der Waals surface area (Å²) in [5.41, 5.74) is 2.90. The molecule has 1 aliphatic heterocycles. The molecular formula is C23H20ClN3O2. The number of hydrogen-bond donors (Lipinski definition) is 0. The summed E-state index contributed by atoms with van der Waals surface area (Å²) in [6.07, 6.45) is 3.08. The van der Waals surface area contributed by atoms with E-state index in [0.29, 0.717) is 29.2 Å². The Morgan fingerprint density at radius 3 is 2.59 bits per heavy atom. The van der Waals surface area contributed by atoms with Crippen molar-refractivity contribution in [1.82, 2.24) is 4.98 Å². The standard InChI is InChI=1S/C23H20ClN3O2/c1-29-19-5-2-15(3-6-19)23(28)16-8-10-27(11-9-16)22-17(13-25)14-26-21-7-4-18(24)12-20(21)22/h2-7,12,14,16H,8-11H2,1H3. The maximum absolute atomic E-state index is 12.9. The molecule has 146 valence electrons. The fourth-order valence-electron chi connectivity index (χ4n) is 3.93. The number of carbonyl (C=O) groups excluding carboxylic acids is 1. The summed E-state index contributed by atoms with van der Waals surface area (Å²) < 4.78 is 5.16. The first kappa shape index (κ1) is 19.2. The van der Waals surface area contributed by atoms with Crippen LogP contribution in [0.15, 0.2) is 48.7 Å². The first-order valence-electron chi connectivity index (χ1n) is 9.52. The molecule has 29 heavy (non-hydrogen) atoms. The van der Waals surface area contributed by atoms with Crippen LogP contribution in [0.2, 0.25) is 5.02 Å². The van der Waals surface area contributed by atoms with Gasteiger partial charge in [0.15, 0.2) is 5.78 Å². The highest BCUT2D eigenvalue weighted by atomic mass is 35.5. The molecule has 0 radical (unpaired) electrons. The van der Waals surface area contributed by atoms with Crippen LogP contribution in [-0.2, 0) is 0 Å². The number of benzene rings is 2. The summed E-state index contributed by atoms with van der Waals surface area (Å²) in [6, 6.07) is 15.0. The molecule has 1 aliphatic rings. The highest BCUT2D eigenvalue weighted by Gasteiger charge is 2.28. The van der Waals surface area contributed by atoms with Gasteiger partial charge in [-0.15, -0.1) is 0 Å². The number of piperidine rings is 1. The number of fused-ring (bicyclic) bond motifs is 1. The molecule has 4 rings (SSSR count). The summed E-state index contributed by atoms with van der Waals surface area (Å²) in [6.45, 7) is 1.40. The first-order chi connectivity index (χ1) is 14.1. The molecule has 0 amide bonds. The van der Waals surface area contributed by atoms with Crippen LogP contribution < -0.4 is 9.64 Å². The Morgan fingerprint density at radius 2 is 1.93 bits per heavy atom. The molecule has 5 nitrogen and oxygen atoms in total. The quantitative estimate of drug-likeness (QED) is 0.579. The van der Waals surface area contributed by atoms with Crippen molar-refractivity contribution in [1.29, 1.82) is 5.26 Å². The summed E-state index contributed by atoms with van der Waals surface area (Å²) in [7, 11) is 1.61. The van der Waals surface area contributed by atoms with Crippen molar-refractivity contribution >= 4 is 34.0 Å². The molecule has 0 saturated carbocycles. The van der Waals surface area contributed by atoms with Crippen LogP contribution in [0, 0.1) is 17.2 Å². The number of ether oxygens (including phenoxy) is 1. The Labute approximate surface area is 174 Å². The van der Waals surface area contributed by atoms with Gasteiger partial charge in [0.05, 0.1) is 23.9 Å². The predicted molar refractivity (Wildman–Crippen MR) is 114 cm³/mol. The minimum Gasteiger partial charge on any atom is -0.497 e. The van der Waals surface area contributed by atoms with Crippen LogP contribution in [0.3, 0.4) is 0 Å². The first-order valence-corrected chi connectivity index (χ1v) is 9.90. The lowest BCUT2D eigenvalue weighted by atomic mass is 9.88. The Bertz CT molecular complexity index is 1100. The van der Waals surface area contributed by atoms with Crippen LogP contribution in [0.4, 0.5) is 5.69 Å². The lowest BCUT2D eigenvalue weighted by Gasteiger charge is -2.34. The topological polar surface area (TPSA) is 66.2 Å². The smallest absolute Gasteiger partial charge is 0.166 e. The normalized spacial score (nSPS) is 14.6. The molecule has 3 aromatic rings. The number of Topliss-reactive ketones (excluding diaryl/α,β-unsaturated/α-hetero) is 1. The number of carbonyl (C=O) groups is 1. The number of ketones is 1. The van der Waals surface area contributed by atoms with E-state index in [1.807, 2.05) is 36.4 Å². The number of hydrogen-bond acceptors (Lipinski definition) is 5. The molecule has 2 aromatic carbocycles. The molecule has 0 N–H and O–H groups in total. The molecule has 0 bridgehead atoms. The van der Waals surface area contributed by atoms with Crippen molar-refractivity contribution in [2.24, 2.45) is 5.92 Å². The SMILES string of the molecule is COc1ccc(C(=O)C2CCN(c3c(C#N)cnc4ccc(Cl)cc34)CC2)cc1. The second-order valence-electron chi connectivity index (χ2n) is 7.15. The van der Waals surface area contributed by atoms with Gasteiger partial charge in [-0.1, -0.05) is 11.6 Å². The number of nitrogens with zero attached hydrogens (tertiary/aromatic N) is 3. The van der Waals surface area contributed by atoms with Crippen LogP contribution >= 0.6 is 11.6 Å². The van der Waals surface area contributed by atoms with Crippen molar-refractivity contribution in [2.75, 3.05) is 25.1 Å². The van der Waals surface area contributed by atoms with E-state index in [9.17, 15) is 10.1 Å². The highest BCUT2D eigenvalue weighted by molar-refractivity contribution is 6.31. The van der Waals surface area contributed by atoms with Crippen molar-refractivity contribution < 1.29 is 9.53 Å². The third-order valence-corrected chi connectivity index (χ3v) is 5.71. The van der Waals surface area contributed by atoms with Gasteiger partial charge in [-0.05, 0) is 55.3 Å². The Hall–Kier alpha value is -3.10. The lowest BCUT2D eigenvalue weighted by molar-refractivity contribution is 0.0900. The van der Waals surface area contributed by atoms with Gasteiger partial charge in [0.1, 0.15) is 11.8 Å². The van der Waals surface area contributed by atoms with Gasteiger partial charge in [0.25, 0.3) is 0 Å². The number of methoxy groups -OCH3 is 1. The monoisotopic (exact) mass is 405 g/mol. The Balaban J connectivity index is 1.56.